The van der Waals surface area contributed by atoms with Crippen molar-refractivity contribution in [1.82, 2.24) is 4.90 Å². The number of amides is 2. The highest BCUT2D eigenvalue weighted by molar-refractivity contribution is 8.13. The van der Waals surface area contributed by atoms with Crippen LogP contribution >= 0.6 is 23.5 Å². The molecule has 0 heterocycles. The highest BCUT2D eigenvalue weighted by atomic mass is 32.2. The van der Waals surface area contributed by atoms with Crippen LogP contribution in [0.5, 0.6) is 0 Å². The Morgan fingerprint density at radius 1 is 0.923 bits per heavy atom. The van der Waals surface area contributed by atoms with E-state index in [4.69, 9.17) is 0 Å². The average Bonchev–Trinajstić information content (AvgIpc) is 2.55. The molecule has 9 heteroatoms. The van der Waals surface area contributed by atoms with Crippen molar-refractivity contribution in [2.75, 3.05) is 19.4 Å². The Morgan fingerprint density at radius 2 is 1.46 bits per heavy atom. The Kier molecular flexibility index (Phi) is 6.60. The van der Waals surface area contributed by atoms with E-state index in [0.29, 0.717) is 5.69 Å². The Labute approximate surface area is 157 Å². The lowest BCUT2D eigenvalue weighted by atomic mass is 10.2. The van der Waals surface area contributed by atoms with Crippen molar-refractivity contribution in [1.29, 1.82) is 0 Å². The summed E-state index contributed by atoms with van der Waals surface area (Å²) >= 11 is 0.830. The first-order chi connectivity index (χ1) is 12.1. The third-order valence-corrected chi connectivity index (χ3v) is 4.82. The zero-order chi connectivity index (χ0) is 19.3. The van der Waals surface area contributed by atoms with Gasteiger partial charge in [0.2, 0.25) is 0 Å². The van der Waals surface area contributed by atoms with Crippen LogP contribution in [0.3, 0.4) is 0 Å². The van der Waals surface area contributed by atoms with Crippen LogP contribution in [-0.4, -0.2) is 35.6 Å². The van der Waals surface area contributed by atoms with Crippen LogP contribution < -0.4 is 5.32 Å². The van der Waals surface area contributed by atoms with Crippen molar-refractivity contribution in [3.05, 3.63) is 54.1 Å². The lowest BCUT2D eigenvalue weighted by Gasteiger charge is -2.10. The quantitative estimate of drug-likeness (QED) is 0.706. The molecule has 0 aromatic heterocycles. The number of carbonyl (C=O) groups is 2. The van der Waals surface area contributed by atoms with E-state index in [0.717, 1.165) is 16.7 Å². The molecule has 1 N–H and O–H groups in total. The van der Waals surface area contributed by atoms with Crippen molar-refractivity contribution >= 4 is 40.4 Å². The third kappa shape index (κ3) is 6.30. The number of thioether (sulfide) groups is 2. The van der Waals surface area contributed by atoms with E-state index in [-0.39, 0.29) is 27.5 Å². The molecule has 2 rings (SSSR count). The SMILES string of the molecule is CN(C)C(=O)Sc1ccc(NC(=O)c2ccc(SC(F)(F)F)cc2)cc1. The molecular formula is C17H15F3N2O2S2. The second-order valence-corrected chi connectivity index (χ2v) is 7.48. The van der Waals surface area contributed by atoms with Gasteiger partial charge in [-0.05, 0) is 72.1 Å². The first-order valence-corrected chi connectivity index (χ1v) is 8.94. The topological polar surface area (TPSA) is 49.4 Å². The molecule has 0 spiro atoms. The van der Waals surface area contributed by atoms with E-state index in [1.165, 1.54) is 29.2 Å². The minimum Gasteiger partial charge on any atom is -0.339 e. The molecule has 0 atom stereocenters. The molecule has 2 amide bonds. The van der Waals surface area contributed by atoms with E-state index >= 15 is 0 Å². The maximum Gasteiger partial charge on any atom is 0.446 e. The number of benzene rings is 2. The van der Waals surface area contributed by atoms with Gasteiger partial charge in [-0.1, -0.05) is 0 Å². The molecule has 4 nitrogen and oxygen atoms in total. The van der Waals surface area contributed by atoms with Crippen LogP contribution in [0.15, 0.2) is 58.3 Å². The third-order valence-electron chi connectivity index (χ3n) is 3.03. The molecule has 26 heavy (non-hydrogen) atoms. The molecule has 0 radical (unpaired) electrons. The lowest BCUT2D eigenvalue weighted by Crippen LogP contribution is -2.16. The normalized spacial score (nSPS) is 11.1. The predicted octanol–water partition coefficient (Wildman–Crippen LogP) is 5.32. The molecular weight excluding hydrogens is 385 g/mol. The van der Waals surface area contributed by atoms with Gasteiger partial charge in [0.05, 0.1) is 0 Å². The highest BCUT2D eigenvalue weighted by Gasteiger charge is 2.29. The van der Waals surface area contributed by atoms with E-state index in [1.807, 2.05) is 0 Å². The van der Waals surface area contributed by atoms with Crippen LogP contribution in [0, 0.1) is 0 Å². The summed E-state index contributed by atoms with van der Waals surface area (Å²) in [5.74, 6) is -0.432. The summed E-state index contributed by atoms with van der Waals surface area (Å²) in [6.07, 6.45) is 0. The van der Waals surface area contributed by atoms with E-state index in [9.17, 15) is 22.8 Å². The smallest absolute Gasteiger partial charge is 0.339 e. The van der Waals surface area contributed by atoms with Crippen LogP contribution in [-0.2, 0) is 0 Å². The summed E-state index contributed by atoms with van der Waals surface area (Å²) in [4.78, 5) is 26.0. The maximum atomic E-state index is 12.3. The monoisotopic (exact) mass is 400 g/mol. The molecule has 138 valence electrons. The summed E-state index contributed by atoms with van der Waals surface area (Å²) in [6.45, 7) is 0. The van der Waals surface area contributed by atoms with Gasteiger partial charge in [0.25, 0.3) is 11.1 Å². The number of carbonyl (C=O) groups excluding carboxylic acids is 2. The molecule has 0 bridgehead atoms. The van der Waals surface area contributed by atoms with Crippen LogP contribution in [0.25, 0.3) is 0 Å². The van der Waals surface area contributed by atoms with Gasteiger partial charge in [0, 0.05) is 35.1 Å². The molecule has 0 aliphatic rings. The molecule has 2 aromatic carbocycles. The Bertz CT molecular complexity index is 776. The molecule has 0 fully saturated rings. The van der Waals surface area contributed by atoms with E-state index in [1.54, 1.807) is 38.4 Å². The largest absolute Gasteiger partial charge is 0.446 e. The highest BCUT2D eigenvalue weighted by Crippen LogP contribution is 2.36. The summed E-state index contributed by atoms with van der Waals surface area (Å²) in [6, 6.07) is 11.9. The molecule has 0 unspecified atom stereocenters. The van der Waals surface area contributed by atoms with E-state index < -0.39 is 11.4 Å². The maximum absolute atomic E-state index is 12.3. The second kappa shape index (κ2) is 8.50. The average molecular weight is 400 g/mol. The Balaban J connectivity index is 1.98. The van der Waals surface area contributed by atoms with Crippen LogP contribution in [0.2, 0.25) is 0 Å². The zero-order valence-electron chi connectivity index (χ0n) is 13.8. The summed E-state index contributed by atoms with van der Waals surface area (Å²) in [5, 5.41) is 2.54. The van der Waals surface area contributed by atoms with Crippen molar-refractivity contribution in [2.24, 2.45) is 0 Å². The standard InChI is InChI=1S/C17H15F3N2O2S2/c1-22(2)16(24)25-13-9-5-12(6-10-13)21-15(23)11-3-7-14(8-4-11)26-17(18,19)20/h3-10H,1-2H3,(H,21,23). The van der Waals surface area contributed by atoms with Gasteiger partial charge < -0.3 is 10.2 Å². The van der Waals surface area contributed by atoms with Crippen LogP contribution in [0.4, 0.5) is 23.7 Å². The first-order valence-electron chi connectivity index (χ1n) is 7.30. The summed E-state index contributed by atoms with van der Waals surface area (Å²) in [7, 11) is 3.31. The van der Waals surface area contributed by atoms with Gasteiger partial charge in [-0.15, -0.1) is 0 Å². The number of nitrogens with zero attached hydrogens (tertiary/aromatic N) is 1. The van der Waals surface area contributed by atoms with Gasteiger partial charge in [-0.3, -0.25) is 9.59 Å². The van der Waals surface area contributed by atoms with Crippen molar-refractivity contribution in [3.63, 3.8) is 0 Å². The fraction of sp³-hybridized carbons (Fsp3) is 0.176. The van der Waals surface area contributed by atoms with E-state index in [2.05, 4.69) is 5.32 Å². The number of anilines is 1. The molecule has 0 saturated carbocycles. The summed E-state index contributed by atoms with van der Waals surface area (Å²) in [5.41, 5.74) is -3.60. The van der Waals surface area contributed by atoms with Crippen molar-refractivity contribution < 1.29 is 22.8 Å². The molecule has 0 aliphatic carbocycles. The number of hydrogen-bond donors (Lipinski definition) is 1. The minimum absolute atomic E-state index is 0.0148. The number of alkyl halides is 3. The number of halogens is 3. The van der Waals surface area contributed by atoms with Gasteiger partial charge in [-0.25, -0.2) is 0 Å². The van der Waals surface area contributed by atoms with Gasteiger partial charge in [-0.2, -0.15) is 13.2 Å². The first kappa shape index (κ1) is 20.2. The van der Waals surface area contributed by atoms with Crippen LogP contribution in [0.1, 0.15) is 10.4 Å². The second-order valence-electron chi connectivity index (χ2n) is 5.31. The van der Waals surface area contributed by atoms with Gasteiger partial charge in [0.15, 0.2) is 0 Å². The zero-order valence-corrected chi connectivity index (χ0v) is 15.5. The minimum atomic E-state index is -4.36. The number of nitrogens with one attached hydrogen (secondary N) is 1. The predicted molar refractivity (Wildman–Crippen MR) is 97.7 cm³/mol. The van der Waals surface area contributed by atoms with Gasteiger partial charge >= 0.3 is 5.51 Å². The molecule has 2 aromatic rings. The fourth-order valence-corrected chi connectivity index (χ4v) is 3.01. The van der Waals surface area contributed by atoms with Crippen molar-refractivity contribution in [2.45, 2.75) is 15.3 Å². The molecule has 0 saturated heterocycles. The molecule has 0 aliphatic heterocycles. The fourth-order valence-electron chi connectivity index (χ4n) is 1.81. The number of rotatable bonds is 4. The Hall–Kier alpha value is -2.13. The number of hydrogen-bond acceptors (Lipinski definition) is 4. The lowest BCUT2D eigenvalue weighted by molar-refractivity contribution is -0.0328. The van der Waals surface area contributed by atoms with Gasteiger partial charge in [0.1, 0.15) is 0 Å². The summed E-state index contributed by atoms with van der Waals surface area (Å²) < 4.78 is 36.9. The van der Waals surface area contributed by atoms with Crippen molar-refractivity contribution in [3.8, 4) is 0 Å². The Morgan fingerprint density at radius 3 is 1.96 bits per heavy atom.